The Labute approximate surface area is 73.9 Å². The Bertz CT molecular complexity index is 177. The highest BCUT2D eigenvalue weighted by Crippen LogP contribution is 2.44. The topological polar surface area (TPSA) is 41.1 Å². The van der Waals surface area contributed by atoms with Crippen LogP contribution in [0.25, 0.3) is 0 Å². The second-order valence-corrected chi connectivity index (χ2v) is 4.12. The minimum atomic E-state index is 0.112. The Kier molecular flexibility index (Phi) is 2.73. The van der Waals surface area contributed by atoms with Gasteiger partial charge in [0.2, 0.25) is 5.91 Å². The van der Waals surface area contributed by atoms with Crippen molar-refractivity contribution in [2.75, 3.05) is 13.6 Å². The van der Waals surface area contributed by atoms with E-state index in [1.54, 1.807) is 7.05 Å². The first-order valence-electron chi connectivity index (χ1n) is 4.50. The van der Waals surface area contributed by atoms with Crippen LogP contribution in [0.4, 0.5) is 0 Å². The van der Waals surface area contributed by atoms with Crippen LogP contribution in [0.15, 0.2) is 0 Å². The summed E-state index contributed by atoms with van der Waals surface area (Å²) in [4.78, 5) is 10.8. The van der Waals surface area contributed by atoms with Crippen molar-refractivity contribution in [3.05, 3.63) is 0 Å². The maximum absolute atomic E-state index is 10.8. The van der Waals surface area contributed by atoms with Crippen molar-refractivity contribution >= 4 is 5.91 Å². The number of amides is 1. The van der Waals surface area contributed by atoms with Gasteiger partial charge in [-0.25, -0.2) is 0 Å². The van der Waals surface area contributed by atoms with Gasteiger partial charge in [-0.05, 0) is 11.8 Å². The van der Waals surface area contributed by atoms with Crippen LogP contribution in [0.1, 0.15) is 26.7 Å². The quantitative estimate of drug-likeness (QED) is 0.645. The number of carbonyl (C=O) groups is 1. The molecule has 1 fully saturated rings. The number of carbonyl (C=O) groups excluding carboxylic acids is 1. The van der Waals surface area contributed by atoms with E-state index in [9.17, 15) is 4.79 Å². The summed E-state index contributed by atoms with van der Waals surface area (Å²) >= 11 is 0. The molecule has 1 unspecified atom stereocenters. The first-order valence-corrected chi connectivity index (χ1v) is 4.50. The predicted octanol–water partition coefficient (Wildman–Crippen LogP) is 0.511. The van der Waals surface area contributed by atoms with Crippen LogP contribution in [0.2, 0.25) is 0 Å². The van der Waals surface area contributed by atoms with Gasteiger partial charge in [-0.3, -0.25) is 4.79 Å². The lowest BCUT2D eigenvalue weighted by Gasteiger charge is -2.05. The number of nitrogens with one attached hydrogen (secondary N) is 2. The van der Waals surface area contributed by atoms with Gasteiger partial charge in [-0.2, -0.15) is 0 Å². The molecule has 3 heteroatoms. The smallest absolute Gasteiger partial charge is 0.221 e. The Morgan fingerprint density at radius 2 is 2.17 bits per heavy atom. The molecule has 1 aliphatic rings. The third-order valence-electron chi connectivity index (χ3n) is 2.54. The molecule has 0 bridgehead atoms. The van der Waals surface area contributed by atoms with E-state index in [0.717, 1.165) is 6.54 Å². The first-order chi connectivity index (χ1) is 5.56. The van der Waals surface area contributed by atoms with E-state index in [-0.39, 0.29) is 5.91 Å². The molecule has 1 aliphatic carbocycles. The highest BCUT2D eigenvalue weighted by molar-refractivity contribution is 5.75. The zero-order valence-electron chi connectivity index (χ0n) is 8.11. The first kappa shape index (κ1) is 9.52. The summed E-state index contributed by atoms with van der Waals surface area (Å²) in [6, 6.07) is 0.627. The van der Waals surface area contributed by atoms with E-state index in [1.807, 2.05) is 0 Å². The molecule has 70 valence electrons. The van der Waals surface area contributed by atoms with Crippen LogP contribution in [0.5, 0.6) is 0 Å². The molecular formula is C9H18N2O. The monoisotopic (exact) mass is 170 g/mol. The van der Waals surface area contributed by atoms with Crippen LogP contribution < -0.4 is 10.6 Å². The molecule has 0 radical (unpaired) electrons. The molecule has 1 rings (SSSR count). The summed E-state index contributed by atoms with van der Waals surface area (Å²) < 4.78 is 0. The van der Waals surface area contributed by atoms with Crippen LogP contribution in [0, 0.1) is 5.41 Å². The van der Waals surface area contributed by atoms with Gasteiger partial charge in [0.05, 0.1) is 0 Å². The van der Waals surface area contributed by atoms with Crippen LogP contribution in [0.3, 0.4) is 0 Å². The van der Waals surface area contributed by atoms with Crippen molar-refractivity contribution in [1.82, 2.24) is 10.6 Å². The Morgan fingerprint density at radius 3 is 2.58 bits per heavy atom. The SMILES string of the molecule is CNC(=O)CCNC1CC1(C)C. The summed E-state index contributed by atoms with van der Waals surface area (Å²) in [5, 5.41) is 5.95. The fraction of sp³-hybridized carbons (Fsp3) is 0.889. The zero-order valence-corrected chi connectivity index (χ0v) is 8.11. The van der Waals surface area contributed by atoms with E-state index in [4.69, 9.17) is 0 Å². The maximum Gasteiger partial charge on any atom is 0.221 e. The van der Waals surface area contributed by atoms with Crippen molar-refractivity contribution in [2.45, 2.75) is 32.7 Å². The molecule has 0 aromatic rings. The van der Waals surface area contributed by atoms with E-state index in [2.05, 4.69) is 24.5 Å². The molecule has 0 spiro atoms. The van der Waals surface area contributed by atoms with Crippen molar-refractivity contribution in [2.24, 2.45) is 5.41 Å². The number of hydrogen-bond donors (Lipinski definition) is 2. The Balaban J connectivity index is 2.01. The van der Waals surface area contributed by atoms with Gasteiger partial charge >= 0.3 is 0 Å². The van der Waals surface area contributed by atoms with E-state index >= 15 is 0 Å². The molecule has 3 nitrogen and oxygen atoms in total. The second kappa shape index (κ2) is 3.44. The Hall–Kier alpha value is -0.570. The largest absolute Gasteiger partial charge is 0.359 e. The molecule has 12 heavy (non-hydrogen) atoms. The van der Waals surface area contributed by atoms with Crippen molar-refractivity contribution in [3.63, 3.8) is 0 Å². The molecule has 2 N–H and O–H groups in total. The minimum Gasteiger partial charge on any atom is -0.359 e. The standard InChI is InChI=1S/C9H18N2O/c1-9(2)6-7(9)11-5-4-8(12)10-3/h7,11H,4-6H2,1-3H3,(H,10,12). The molecule has 0 aliphatic heterocycles. The van der Waals surface area contributed by atoms with Gasteiger partial charge in [-0.1, -0.05) is 13.8 Å². The molecule has 1 amide bonds. The summed E-state index contributed by atoms with van der Waals surface area (Å²) in [7, 11) is 1.67. The normalized spacial score (nSPS) is 25.1. The lowest BCUT2D eigenvalue weighted by atomic mass is 10.2. The van der Waals surface area contributed by atoms with Gasteiger partial charge in [0.25, 0.3) is 0 Å². The van der Waals surface area contributed by atoms with Crippen LogP contribution >= 0.6 is 0 Å². The molecule has 0 saturated heterocycles. The molecule has 1 saturated carbocycles. The van der Waals surface area contributed by atoms with Crippen molar-refractivity contribution in [1.29, 1.82) is 0 Å². The summed E-state index contributed by atoms with van der Waals surface area (Å²) in [5.74, 6) is 0.112. The maximum atomic E-state index is 10.8. The fourth-order valence-corrected chi connectivity index (χ4v) is 1.30. The lowest BCUT2D eigenvalue weighted by Crippen LogP contribution is -2.27. The number of rotatable bonds is 4. The average molecular weight is 170 g/mol. The molecule has 0 heterocycles. The third kappa shape index (κ3) is 2.48. The van der Waals surface area contributed by atoms with E-state index < -0.39 is 0 Å². The molecule has 0 aromatic heterocycles. The van der Waals surface area contributed by atoms with Gasteiger partial charge in [0.15, 0.2) is 0 Å². The van der Waals surface area contributed by atoms with Crippen molar-refractivity contribution in [3.8, 4) is 0 Å². The lowest BCUT2D eigenvalue weighted by molar-refractivity contribution is -0.120. The summed E-state index contributed by atoms with van der Waals surface area (Å²) in [6.45, 7) is 5.28. The second-order valence-electron chi connectivity index (χ2n) is 4.12. The molecule has 1 atom stereocenters. The highest BCUT2D eigenvalue weighted by atomic mass is 16.1. The predicted molar refractivity (Wildman–Crippen MR) is 48.9 cm³/mol. The van der Waals surface area contributed by atoms with Crippen LogP contribution in [-0.2, 0) is 4.79 Å². The Morgan fingerprint density at radius 1 is 1.58 bits per heavy atom. The average Bonchev–Trinajstić information content (AvgIpc) is 2.59. The molecular weight excluding hydrogens is 152 g/mol. The minimum absolute atomic E-state index is 0.112. The molecule has 0 aromatic carbocycles. The fourth-order valence-electron chi connectivity index (χ4n) is 1.30. The van der Waals surface area contributed by atoms with Gasteiger partial charge < -0.3 is 10.6 Å². The third-order valence-corrected chi connectivity index (χ3v) is 2.54. The van der Waals surface area contributed by atoms with Crippen molar-refractivity contribution < 1.29 is 4.79 Å². The highest BCUT2D eigenvalue weighted by Gasteiger charge is 2.44. The zero-order chi connectivity index (χ0) is 9.19. The van der Waals surface area contributed by atoms with Crippen LogP contribution in [-0.4, -0.2) is 25.5 Å². The summed E-state index contributed by atoms with van der Waals surface area (Å²) in [6.07, 6.45) is 1.82. The van der Waals surface area contributed by atoms with Gasteiger partial charge in [0.1, 0.15) is 0 Å². The van der Waals surface area contributed by atoms with Gasteiger partial charge in [-0.15, -0.1) is 0 Å². The number of hydrogen-bond acceptors (Lipinski definition) is 2. The summed E-state index contributed by atoms with van der Waals surface area (Å²) in [5.41, 5.74) is 0.461. The van der Waals surface area contributed by atoms with Gasteiger partial charge in [0, 0.05) is 26.1 Å². The van der Waals surface area contributed by atoms with E-state index in [1.165, 1.54) is 6.42 Å². The van der Waals surface area contributed by atoms with E-state index in [0.29, 0.717) is 17.9 Å².